The van der Waals surface area contributed by atoms with E-state index in [0.717, 1.165) is 0 Å². The first-order chi connectivity index (χ1) is 9.64. The number of nitrogens with one attached hydrogen (secondary N) is 1. The van der Waals surface area contributed by atoms with Crippen molar-refractivity contribution in [2.24, 2.45) is 0 Å². The normalized spacial score (nSPS) is 9.35. The van der Waals surface area contributed by atoms with Crippen LogP contribution in [0.15, 0.2) is 0 Å². The van der Waals surface area contributed by atoms with Gasteiger partial charge in [0.15, 0.2) is 0 Å². The lowest BCUT2D eigenvalue weighted by molar-refractivity contribution is -0.347. The molecule has 1 heterocycles. The Kier molecular flexibility index (Phi) is 5.29. The lowest BCUT2D eigenvalue weighted by atomic mass is 10.0. The maximum Gasteiger partial charge on any atom is 0.240 e. The number of H-pyrrole nitrogens is 1. The van der Waals surface area contributed by atoms with Crippen molar-refractivity contribution >= 4 is 11.6 Å². The van der Waals surface area contributed by atoms with Crippen LogP contribution in [-0.2, 0) is 6.42 Å². The second-order valence-electron chi connectivity index (χ2n) is 3.98. The first-order valence-electron chi connectivity index (χ1n) is 6.05. The Balaban J connectivity index is 3.59. The Morgan fingerprint density at radius 3 is 2.35 bits per heavy atom. The van der Waals surface area contributed by atoms with Gasteiger partial charge in [0, 0.05) is 5.56 Å². The Hall–Kier alpha value is -2.82. The van der Waals surface area contributed by atoms with Crippen molar-refractivity contribution in [3.05, 3.63) is 16.7 Å². The number of aromatic amines is 1. The van der Waals surface area contributed by atoms with Gasteiger partial charge in [-0.05, 0) is 6.92 Å². The van der Waals surface area contributed by atoms with Crippen LogP contribution in [-0.4, -0.2) is 24.8 Å². The predicted molar refractivity (Wildman–Crippen MR) is 71.1 cm³/mol. The van der Waals surface area contributed by atoms with E-state index in [1.807, 2.05) is 25.1 Å². The molecule has 1 rings (SSSR count). The molecule has 0 aliphatic carbocycles. The number of anilines is 2. The molecule has 0 unspecified atom stereocenters. The van der Waals surface area contributed by atoms with Gasteiger partial charge in [-0.3, -0.25) is 4.90 Å². The van der Waals surface area contributed by atoms with Crippen molar-refractivity contribution in [1.29, 1.82) is 15.8 Å². The van der Waals surface area contributed by atoms with Gasteiger partial charge in [0.1, 0.15) is 23.3 Å². The van der Waals surface area contributed by atoms with Crippen LogP contribution in [0.4, 0.5) is 11.6 Å². The fraction of sp³-hybridized carbons (Fsp3) is 0.385. The number of likely N-dealkylation sites (N-methyl/N-ethyl adjacent to an activating group) is 1. The summed E-state index contributed by atoms with van der Waals surface area (Å²) < 4.78 is 0. The van der Waals surface area contributed by atoms with Gasteiger partial charge >= 0.3 is 0 Å². The lowest BCUT2D eigenvalue weighted by Crippen LogP contribution is -2.34. The molecule has 0 aromatic carbocycles. The molecule has 1 aromatic rings. The van der Waals surface area contributed by atoms with E-state index in [1.165, 1.54) is 0 Å². The third kappa shape index (κ3) is 2.77. The molecule has 0 saturated carbocycles. The van der Waals surface area contributed by atoms with E-state index >= 15 is 0 Å². The minimum atomic E-state index is -0.0833. The zero-order valence-corrected chi connectivity index (χ0v) is 11.1. The number of aliphatic hydroxyl groups excluding tert-OH is 1. The number of aromatic nitrogens is 1. The zero-order valence-electron chi connectivity index (χ0n) is 11.1. The van der Waals surface area contributed by atoms with Gasteiger partial charge in [-0.1, -0.05) is 0 Å². The van der Waals surface area contributed by atoms with Crippen molar-refractivity contribution in [2.75, 3.05) is 30.3 Å². The molecule has 7 nitrogen and oxygen atoms in total. The smallest absolute Gasteiger partial charge is 0.240 e. The molecule has 4 N–H and O–H groups in total. The summed E-state index contributed by atoms with van der Waals surface area (Å²) >= 11 is 0. The summed E-state index contributed by atoms with van der Waals surface area (Å²) in [5, 5.41) is 36.4. The number of nitrogen functional groups attached to an aromatic ring is 1. The van der Waals surface area contributed by atoms with Gasteiger partial charge in [-0.15, -0.1) is 0 Å². The zero-order chi connectivity index (χ0) is 15.1. The number of pyridine rings is 1. The minimum absolute atomic E-state index is 0.0751. The maximum absolute atomic E-state index is 9.33. The van der Waals surface area contributed by atoms with Crippen LogP contribution in [0.25, 0.3) is 0 Å². The highest BCUT2D eigenvalue weighted by Gasteiger charge is 2.25. The molecular weight excluding hydrogens is 256 g/mol. The van der Waals surface area contributed by atoms with Crippen LogP contribution < -0.4 is 15.6 Å². The standard InChI is InChI=1S/C13H14N6O/c1-2-19(5-6-20)13-11(8-16)9(3-4-14)10(7-15)12(17)18-13/h20H,2-3,5-6H2,1H3,(H2,17,18)/p+1. The Labute approximate surface area is 117 Å². The van der Waals surface area contributed by atoms with E-state index in [1.54, 1.807) is 4.90 Å². The average molecular weight is 271 g/mol. The number of rotatable bonds is 5. The second kappa shape index (κ2) is 6.94. The quantitative estimate of drug-likeness (QED) is 0.755. The molecule has 7 heteroatoms. The van der Waals surface area contributed by atoms with Crippen molar-refractivity contribution in [2.45, 2.75) is 13.3 Å². The first kappa shape index (κ1) is 15.2. The highest BCUT2D eigenvalue weighted by atomic mass is 16.3. The average Bonchev–Trinajstić information content (AvgIpc) is 2.45. The molecule has 0 amide bonds. The lowest BCUT2D eigenvalue weighted by Gasteiger charge is -2.18. The SMILES string of the molecule is CCN(CCO)c1[nH+]c(N)c(C#N)c(CC#N)c1C#N. The van der Waals surface area contributed by atoms with E-state index < -0.39 is 0 Å². The number of hydrogen-bond donors (Lipinski definition) is 2. The van der Waals surface area contributed by atoms with Crippen LogP contribution in [0, 0.1) is 34.0 Å². The van der Waals surface area contributed by atoms with Crippen molar-refractivity contribution in [1.82, 2.24) is 0 Å². The summed E-state index contributed by atoms with van der Waals surface area (Å²) in [7, 11) is 0. The summed E-state index contributed by atoms with van der Waals surface area (Å²) in [5.74, 6) is 0.536. The number of nitriles is 3. The van der Waals surface area contributed by atoms with Gasteiger partial charge in [0.25, 0.3) is 0 Å². The maximum atomic E-state index is 9.33. The molecule has 0 spiro atoms. The first-order valence-corrected chi connectivity index (χ1v) is 6.05. The topological polar surface area (TPSA) is 135 Å². The molecule has 20 heavy (non-hydrogen) atoms. The third-order valence-electron chi connectivity index (χ3n) is 2.91. The fourth-order valence-electron chi connectivity index (χ4n) is 1.97. The fourth-order valence-corrected chi connectivity index (χ4v) is 1.97. The Bertz CT molecular complexity index is 620. The third-order valence-corrected chi connectivity index (χ3v) is 2.91. The van der Waals surface area contributed by atoms with E-state index in [9.17, 15) is 5.26 Å². The summed E-state index contributed by atoms with van der Waals surface area (Å²) in [4.78, 5) is 4.55. The van der Waals surface area contributed by atoms with Crippen LogP contribution in [0.1, 0.15) is 23.6 Å². The number of aliphatic hydroxyl groups is 1. The molecule has 0 fully saturated rings. The summed E-state index contributed by atoms with van der Waals surface area (Å²) in [6.07, 6.45) is -0.0751. The summed E-state index contributed by atoms with van der Waals surface area (Å²) in [5.41, 5.74) is 6.44. The van der Waals surface area contributed by atoms with Crippen LogP contribution in [0.3, 0.4) is 0 Å². The van der Waals surface area contributed by atoms with E-state index in [2.05, 4.69) is 4.98 Å². The second-order valence-corrected chi connectivity index (χ2v) is 3.98. The largest absolute Gasteiger partial charge is 0.393 e. The molecule has 0 atom stereocenters. The van der Waals surface area contributed by atoms with Gasteiger partial charge in [0.2, 0.25) is 11.6 Å². The molecular formula is C13H15N6O+. The minimum Gasteiger partial charge on any atom is -0.393 e. The molecule has 0 saturated heterocycles. The van der Waals surface area contributed by atoms with Crippen LogP contribution in [0.5, 0.6) is 0 Å². The highest BCUT2D eigenvalue weighted by molar-refractivity contribution is 5.64. The Morgan fingerprint density at radius 2 is 1.90 bits per heavy atom. The van der Waals surface area contributed by atoms with Crippen molar-refractivity contribution < 1.29 is 10.1 Å². The molecule has 0 aliphatic heterocycles. The Morgan fingerprint density at radius 1 is 1.25 bits per heavy atom. The monoisotopic (exact) mass is 271 g/mol. The number of hydrogen-bond acceptors (Lipinski definition) is 6. The van der Waals surface area contributed by atoms with Gasteiger partial charge in [0.05, 0.1) is 32.2 Å². The summed E-state index contributed by atoms with van der Waals surface area (Å²) in [6.45, 7) is 2.64. The molecule has 0 radical (unpaired) electrons. The molecule has 102 valence electrons. The van der Waals surface area contributed by atoms with Crippen molar-refractivity contribution in [3.8, 4) is 18.2 Å². The number of nitrogens with two attached hydrogens (primary N) is 1. The summed E-state index contributed by atoms with van der Waals surface area (Å²) in [6, 6.07) is 5.86. The van der Waals surface area contributed by atoms with E-state index in [0.29, 0.717) is 24.5 Å². The van der Waals surface area contributed by atoms with Gasteiger partial charge in [-0.2, -0.15) is 15.8 Å². The van der Waals surface area contributed by atoms with Crippen LogP contribution >= 0.6 is 0 Å². The number of nitrogens with zero attached hydrogens (tertiary/aromatic N) is 4. The highest BCUT2D eigenvalue weighted by Crippen LogP contribution is 2.24. The molecule has 0 aliphatic rings. The van der Waals surface area contributed by atoms with Gasteiger partial charge < -0.3 is 10.8 Å². The van der Waals surface area contributed by atoms with E-state index in [4.69, 9.17) is 21.4 Å². The van der Waals surface area contributed by atoms with Crippen molar-refractivity contribution in [3.63, 3.8) is 0 Å². The van der Waals surface area contributed by atoms with Gasteiger partial charge in [-0.25, -0.2) is 4.98 Å². The molecule has 0 bridgehead atoms. The van der Waals surface area contributed by atoms with Crippen LogP contribution in [0.2, 0.25) is 0 Å². The molecule has 1 aromatic heterocycles. The van der Waals surface area contributed by atoms with E-state index in [-0.39, 0.29) is 30.0 Å². The predicted octanol–water partition coefficient (Wildman–Crippen LogP) is -0.289.